The van der Waals surface area contributed by atoms with E-state index in [2.05, 4.69) is 38.0 Å². The van der Waals surface area contributed by atoms with Gasteiger partial charge in [0, 0.05) is 5.54 Å². The van der Waals surface area contributed by atoms with Crippen molar-refractivity contribution >= 4 is 5.96 Å². The number of nitrogens with one attached hydrogen (secondary N) is 1. The normalized spacial score (nSPS) is 29.7. The first-order chi connectivity index (χ1) is 5.87. The zero-order valence-corrected chi connectivity index (χ0v) is 9.09. The molecule has 1 aliphatic carbocycles. The van der Waals surface area contributed by atoms with E-state index in [1.807, 2.05) is 0 Å². The van der Waals surface area contributed by atoms with Crippen molar-refractivity contribution in [2.45, 2.75) is 52.1 Å². The van der Waals surface area contributed by atoms with Crippen LogP contribution in [-0.4, -0.2) is 17.5 Å². The quantitative estimate of drug-likeness (QED) is 0.478. The van der Waals surface area contributed by atoms with E-state index in [1.165, 1.54) is 12.8 Å². The molecule has 0 heterocycles. The number of nitrogens with two attached hydrogens (primary N) is 1. The van der Waals surface area contributed by atoms with Crippen LogP contribution in [0.5, 0.6) is 0 Å². The number of nitrogens with zero attached hydrogens (tertiary/aromatic N) is 1. The summed E-state index contributed by atoms with van der Waals surface area (Å²) in [4.78, 5) is 4.40. The Hall–Kier alpha value is -0.730. The van der Waals surface area contributed by atoms with Crippen LogP contribution in [0, 0.1) is 5.92 Å². The standard InChI is InChI=1S/C10H21N3/c1-7-5-8(6-7)12-9(11)13-10(2,3)4/h7-8H,5-6H2,1-4H3,(H3,11,12,13). The van der Waals surface area contributed by atoms with E-state index in [9.17, 15) is 0 Å². The van der Waals surface area contributed by atoms with Gasteiger partial charge in [0.25, 0.3) is 0 Å². The lowest BCUT2D eigenvalue weighted by molar-refractivity contribution is 0.290. The van der Waals surface area contributed by atoms with Crippen LogP contribution < -0.4 is 11.1 Å². The topological polar surface area (TPSA) is 50.4 Å². The van der Waals surface area contributed by atoms with Crippen LogP contribution in [0.4, 0.5) is 0 Å². The van der Waals surface area contributed by atoms with Crippen molar-refractivity contribution < 1.29 is 0 Å². The van der Waals surface area contributed by atoms with Gasteiger partial charge in [-0.1, -0.05) is 6.92 Å². The van der Waals surface area contributed by atoms with Crippen molar-refractivity contribution in [3.05, 3.63) is 0 Å². The van der Waals surface area contributed by atoms with Crippen molar-refractivity contribution in [1.82, 2.24) is 5.32 Å². The van der Waals surface area contributed by atoms with E-state index < -0.39 is 0 Å². The summed E-state index contributed by atoms with van der Waals surface area (Å²) in [5.41, 5.74) is 5.77. The van der Waals surface area contributed by atoms with Crippen LogP contribution in [0.15, 0.2) is 4.99 Å². The first-order valence-corrected chi connectivity index (χ1v) is 4.98. The third-order valence-electron chi connectivity index (χ3n) is 2.17. The van der Waals surface area contributed by atoms with Gasteiger partial charge in [0.15, 0.2) is 5.96 Å². The molecule has 0 bridgehead atoms. The molecule has 13 heavy (non-hydrogen) atoms. The molecular weight excluding hydrogens is 162 g/mol. The van der Waals surface area contributed by atoms with Gasteiger partial charge in [0.1, 0.15) is 0 Å². The molecular formula is C10H21N3. The SMILES string of the molecule is CC1CC(N=C(N)NC(C)(C)C)C1. The molecule has 0 unspecified atom stereocenters. The highest BCUT2D eigenvalue weighted by Crippen LogP contribution is 2.28. The Balaban J connectivity index is 2.35. The Morgan fingerprint density at radius 1 is 1.38 bits per heavy atom. The molecule has 0 saturated heterocycles. The fourth-order valence-corrected chi connectivity index (χ4v) is 1.58. The fourth-order valence-electron chi connectivity index (χ4n) is 1.58. The summed E-state index contributed by atoms with van der Waals surface area (Å²) < 4.78 is 0. The van der Waals surface area contributed by atoms with E-state index in [0.717, 1.165) is 5.92 Å². The molecule has 1 fully saturated rings. The number of hydrogen-bond acceptors (Lipinski definition) is 1. The van der Waals surface area contributed by atoms with Gasteiger partial charge in [-0.3, -0.25) is 4.99 Å². The lowest BCUT2D eigenvalue weighted by Crippen LogP contribution is -2.46. The summed E-state index contributed by atoms with van der Waals surface area (Å²) in [6, 6.07) is 0.463. The summed E-state index contributed by atoms with van der Waals surface area (Å²) in [6.45, 7) is 8.50. The van der Waals surface area contributed by atoms with E-state index in [0.29, 0.717) is 12.0 Å². The first-order valence-electron chi connectivity index (χ1n) is 4.98. The van der Waals surface area contributed by atoms with Crippen LogP contribution in [-0.2, 0) is 0 Å². The minimum absolute atomic E-state index is 0.0168. The van der Waals surface area contributed by atoms with Gasteiger partial charge < -0.3 is 11.1 Å². The van der Waals surface area contributed by atoms with Crippen molar-refractivity contribution in [2.24, 2.45) is 16.6 Å². The van der Waals surface area contributed by atoms with Crippen LogP contribution >= 0.6 is 0 Å². The molecule has 1 saturated carbocycles. The highest BCUT2D eigenvalue weighted by atomic mass is 15.1. The third kappa shape index (κ3) is 3.66. The number of guanidine groups is 1. The second-order valence-corrected chi connectivity index (χ2v) is 5.12. The number of rotatable bonds is 1. The lowest BCUT2D eigenvalue weighted by atomic mass is 9.82. The molecule has 1 rings (SSSR count). The lowest BCUT2D eigenvalue weighted by Gasteiger charge is -2.30. The average Bonchev–Trinajstić information content (AvgIpc) is 1.79. The molecule has 0 aromatic carbocycles. The molecule has 3 N–H and O–H groups in total. The molecule has 0 aromatic rings. The fraction of sp³-hybridized carbons (Fsp3) is 0.900. The molecule has 0 aromatic heterocycles. The molecule has 0 radical (unpaired) electrons. The van der Waals surface area contributed by atoms with Gasteiger partial charge >= 0.3 is 0 Å². The Bertz CT molecular complexity index is 197. The number of aliphatic imine (C=N–C) groups is 1. The van der Waals surface area contributed by atoms with Crippen LogP contribution in [0.2, 0.25) is 0 Å². The summed E-state index contributed by atoms with van der Waals surface area (Å²) in [6.07, 6.45) is 2.37. The molecule has 0 amide bonds. The van der Waals surface area contributed by atoms with Crippen molar-refractivity contribution in [1.29, 1.82) is 0 Å². The molecule has 3 heteroatoms. The van der Waals surface area contributed by atoms with E-state index in [4.69, 9.17) is 5.73 Å². The van der Waals surface area contributed by atoms with Crippen LogP contribution in [0.25, 0.3) is 0 Å². The first kappa shape index (κ1) is 10.4. The van der Waals surface area contributed by atoms with Crippen LogP contribution in [0.1, 0.15) is 40.5 Å². The highest BCUT2D eigenvalue weighted by molar-refractivity contribution is 5.78. The third-order valence-corrected chi connectivity index (χ3v) is 2.17. The van der Waals surface area contributed by atoms with Crippen molar-refractivity contribution in [3.8, 4) is 0 Å². The highest BCUT2D eigenvalue weighted by Gasteiger charge is 2.25. The molecule has 0 aliphatic heterocycles. The van der Waals surface area contributed by atoms with Gasteiger partial charge in [0.05, 0.1) is 6.04 Å². The second-order valence-electron chi connectivity index (χ2n) is 5.12. The summed E-state index contributed by atoms with van der Waals surface area (Å²) in [5, 5.41) is 3.16. The minimum atomic E-state index is 0.0168. The van der Waals surface area contributed by atoms with Gasteiger partial charge in [-0.2, -0.15) is 0 Å². The molecule has 3 nitrogen and oxygen atoms in total. The van der Waals surface area contributed by atoms with Gasteiger partial charge in [-0.25, -0.2) is 0 Å². The molecule has 76 valence electrons. The van der Waals surface area contributed by atoms with Crippen molar-refractivity contribution in [2.75, 3.05) is 0 Å². The largest absolute Gasteiger partial charge is 0.370 e. The zero-order chi connectivity index (χ0) is 10.1. The minimum Gasteiger partial charge on any atom is -0.370 e. The maximum atomic E-state index is 5.75. The summed E-state index contributed by atoms with van der Waals surface area (Å²) in [7, 11) is 0. The predicted molar refractivity (Wildman–Crippen MR) is 56.7 cm³/mol. The maximum absolute atomic E-state index is 5.75. The molecule has 0 atom stereocenters. The monoisotopic (exact) mass is 183 g/mol. The summed E-state index contributed by atoms with van der Waals surface area (Å²) >= 11 is 0. The number of hydrogen-bond donors (Lipinski definition) is 2. The van der Waals surface area contributed by atoms with E-state index in [1.54, 1.807) is 0 Å². The smallest absolute Gasteiger partial charge is 0.189 e. The van der Waals surface area contributed by atoms with E-state index >= 15 is 0 Å². The average molecular weight is 183 g/mol. The summed E-state index contributed by atoms with van der Waals surface area (Å²) in [5.74, 6) is 1.42. The van der Waals surface area contributed by atoms with Crippen molar-refractivity contribution in [3.63, 3.8) is 0 Å². The Morgan fingerprint density at radius 3 is 2.31 bits per heavy atom. The second kappa shape index (κ2) is 3.56. The predicted octanol–water partition coefficient (Wildman–Crippen LogP) is 1.49. The van der Waals surface area contributed by atoms with Gasteiger partial charge in [-0.15, -0.1) is 0 Å². The zero-order valence-electron chi connectivity index (χ0n) is 9.09. The molecule has 1 aliphatic rings. The molecule has 0 spiro atoms. The Kier molecular flexibility index (Phi) is 2.84. The Labute approximate surface area is 80.8 Å². The van der Waals surface area contributed by atoms with Gasteiger partial charge in [0.2, 0.25) is 0 Å². The Morgan fingerprint density at radius 2 is 1.92 bits per heavy atom. The van der Waals surface area contributed by atoms with E-state index in [-0.39, 0.29) is 5.54 Å². The maximum Gasteiger partial charge on any atom is 0.189 e. The van der Waals surface area contributed by atoms with Crippen LogP contribution in [0.3, 0.4) is 0 Å². The van der Waals surface area contributed by atoms with Gasteiger partial charge in [-0.05, 0) is 39.5 Å².